The Morgan fingerprint density at radius 2 is 1.96 bits per heavy atom. The van der Waals surface area contributed by atoms with E-state index in [0.29, 0.717) is 12.4 Å². The molecule has 0 aliphatic carbocycles. The SMILES string of the molecule is CC(Cn1cncn1)Nc1nc(-c2ccncc2)nc2c1cnn2C. The molecule has 0 bridgehead atoms. The smallest absolute Gasteiger partial charge is 0.164 e. The molecule has 0 amide bonds. The second-order valence-electron chi connectivity index (χ2n) is 5.80. The molecular weight excluding hydrogens is 318 g/mol. The molecule has 4 aromatic heterocycles. The first kappa shape index (κ1) is 15.2. The molecule has 1 unspecified atom stereocenters. The maximum atomic E-state index is 4.71. The molecule has 4 aromatic rings. The van der Waals surface area contributed by atoms with Crippen molar-refractivity contribution in [2.75, 3.05) is 5.32 Å². The van der Waals surface area contributed by atoms with Crippen molar-refractivity contribution in [1.82, 2.24) is 39.5 Å². The Morgan fingerprint density at radius 3 is 2.72 bits per heavy atom. The topological polar surface area (TPSA) is 99.2 Å². The first-order chi connectivity index (χ1) is 12.2. The summed E-state index contributed by atoms with van der Waals surface area (Å²) in [7, 11) is 1.87. The van der Waals surface area contributed by atoms with E-state index in [-0.39, 0.29) is 6.04 Å². The Morgan fingerprint density at radius 1 is 1.12 bits per heavy atom. The van der Waals surface area contributed by atoms with Crippen LogP contribution in [0.4, 0.5) is 5.82 Å². The monoisotopic (exact) mass is 335 g/mol. The van der Waals surface area contributed by atoms with Crippen LogP contribution >= 0.6 is 0 Å². The lowest BCUT2D eigenvalue weighted by Crippen LogP contribution is -2.23. The van der Waals surface area contributed by atoms with Crippen molar-refractivity contribution >= 4 is 16.9 Å². The van der Waals surface area contributed by atoms with E-state index in [2.05, 4.69) is 37.4 Å². The minimum Gasteiger partial charge on any atom is -0.365 e. The van der Waals surface area contributed by atoms with Gasteiger partial charge in [0.05, 0.1) is 18.1 Å². The lowest BCUT2D eigenvalue weighted by molar-refractivity contribution is 0.558. The number of nitrogens with zero attached hydrogens (tertiary/aromatic N) is 8. The fourth-order valence-electron chi connectivity index (χ4n) is 2.65. The first-order valence-corrected chi connectivity index (χ1v) is 7.90. The van der Waals surface area contributed by atoms with Crippen LogP contribution < -0.4 is 5.32 Å². The number of aromatic nitrogens is 8. The van der Waals surface area contributed by atoms with E-state index in [1.54, 1.807) is 34.3 Å². The number of nitrogens with one attached hydrogen (secondary N) is 1. The minimum absolute atomic E-state index is 0.102. The predicted molar refractivity (Wildman–Crippen MR) is 92.6 cm³/mol. The van der Waals surface area contributed by atoms with Gasteiger partial charge in [-0.2, -0.15) is 10.2 Å². The van der Waals surface area contributed by atoms with Crippen molar-refractivity contribution in [3.8, 4) is 11.4 Å². The number of aryl methyl sites for hydroxylation is 1. The largest absolute Gasteiger partial charge is 0.365 e. The number of hydrogen-bond acceptors (Lipinski definition) is 7. The highest BCUT2D eigenvalue weighted by Gasteiger charge is 2.15. The molecule has 9 heteroatoms. The van der Waals surface area contributed by atoms with Crippen molar-refractivity contribution in [3.63, 3.8) is 0 Å². The summed E-state index contributed by atoms with van der Waals surface area (Å²) in [5, 5.41) is 12.8. The van der Waals surface area contributed by atoms with Crippen LogP contribution in [0, 0.1) is 0 Å². The van der Waals surface area contributed by atoms with E-state index < -0.39 is 0 Å². The molecule has 1 N–H and O–H groups in total. The molecule has 0 spiro atoms. The number of pyridine rings is 1. The zero-order valence-corrected chi connectivity index (χ0v) is 13.9. The van der Waals surface area contributed by atoms with Crippen molar-refractivity contribution in [2.24, 2.45) is 7.05 Å². The third kappa shape index (κ3) is 3.03. The fraction of sp³-hybridized carbons (Fsp3) is 0.250. The van der Waals surface area contributed by atoms with Crippen LogP contribution in [-0.4, -0.2) is 45.5 Å². The molecule has 4 rings (SSSR count). The van der Waals surface area contributed by atoms with Crippen molar-refractivity contribution in [3.05, 3.63) is 43.4 Å². The van der Waals surface area contributed by atoms with Gasteiger partial charge in [-0.15, -0.1) is 0 Å². The van der Waals surface area contributed by atoms with Crippen LogP contribution in [-0.2, 0) is 13.6 Å². The molecule has 1 atom stereocenters. The standard InChI is InChI=1S/C16H17N9/c1-11(8-25-10-18-9-20-25)21-15-13-7-19-24(2)16(13)23-14(22-15)12-3-5-17-6-4-12/h3-7,9-11H,8H2,1-2H3,(H,21,22,23). The van der Waals surface area contributed by atoms with Crippen LogP contribution in [0.1, 0.15) is 6.92 Å². The van der Waals surface area contributed by atoms with Gasteiger partial charge in [-0.25, -0.2) is 15.0 Å². The van der Waals surface area contributed by atoms with Gasteiger partial charge in [0.2, 0.25) is 0 Å². The van der Waals surface area contributed by atoms with E-state index in [0.717, 1.165) is 22.4 Å². The molecule has 0 aromatic carbocycles. The average Bonchev–Trinajstić information content (AvgIpc) is 3.26. The summed E-state index contributed by atoms with van der Waals surface area (Å²) < 4.78 is 3.53. The molecule has 25 heavy (non-hydrogen) atoms. The second-order valence-corrected chi connectivity index (χ2v) is 5.80. The van der Waals surface area contributed by atoms with Gasteiger partial charge in [0.15, 0.2) is 11.5 Å². The molecule has 0 radical (unpaired) electrons. The van der Waals surface area contributed by atoms with Gasteiger partial charge in [0.25, 0.3) is 0 Å². The van der Waals surface area contributed by atoms with Crippen LogP contribution in [0.3, 0.4) is 0 Å². The van der Waals surface area contributed by atoms with Crippen molar-refractivity contribution in [2.45, 2.75) is 19.5 Å². The van der Waals surface area contributed by atoms with E-state index in [1.807, 2.05) is 19.2 Å². The van der Waals surface area contributed by atoms with Gasteiger partial charge >= 0.3 is 0 Å². The van der Waals surface area contributed by atoms with Crippen molar-refractivity contribution < 1.29 is 0 Å². The number of hydrogen-bond donors (Lipinski definition) is 1. The summed E-state index contributed by atoms with van der Waals surface area (Å²) in [6.07, 6.45) is 8.45. The number of anilines is 1. The Labute approximate surface area is 143 Å². The minimum atomic E-state index is 0.102. The van der Waals surface area contributed by atoms with Crippen LogP contribution in [0.2, 0.25) is 0 Å². The van der Waals surface area contributed by atoms with Crippen LogP contribution in [0.25, 0.3) is 22.4 Å². The van der Waals surface area contributed by atoms with Crippen LogP contribution in [0.15, 0.2) is 43.4 Å². The zero-order chi connectivity index (χ0) is 17.2. The van der Waals surface area contributed by atoms with E-state index in [4.69, 9.17) is 4.98 Å². The van der Waals surface area contributed by atoms with Gasteiger partial charge in [-0.05, 0) is 19.1 Å². The Kier molecular flexibility index (Phi) is 3.81. The van der Waals surface area contributed by atoms with Gasteiger partial charge in [0, 0.05) is 31.0 Å². The summed E-state index contributed by atoms with van der Waals surface area (Å²) in [5.41, 5.74) is 1.68. The summed E-state index contributed by atoms with van der Waals surface area (Å²) >= 11 is 0. The molecule has 0 aliphatic rings. The van der Waals surface area contributed by atoms with E-state index in [1.165, 1.54) is 6.33 Å². The Hall–Kier alpha value is -3.36. The molecule has 4 heterocycles. The third-order valence-electron chi connectivity index (χ3n) is 3.84. The quantitative estimate of drug-likeness (QED) is 0.590. The second kappa shape index (κ2) is 6.27. The van der Waals surface area contributed by atoms with E-state index >= 15 is 0 Å². The average molecular weight is 335 g/mol. The zero-order valence-electron chi connectivity index (χ0n) is 13.9. The predicted octanol–water partition coefficient (Wildman–Crippen LogP) is 1.52. The van der Waals surface area contributed by atoms with Crippen molar-refractivity contribution in [1.29, 1.82) is 0 Å². The normalized spacial score (nSPS) is 12.4. The highest BCUT2D eigenvalue weighted by atomic mass is 15.3. The highest BCUT2D eigenvalue weighted by Crippen LogP contribution is 2.24. The Bertz CT molecular complexity index is 976. The molecule has 0 aliphatic heterocycles. The maximum Gasteiger partial charge on any atom is 0.164 e. The first-order valence-electron chi connectivity index (χ1n) is 7.90. The maximum absolute atomic E-state index is 4.71. The highest BCUT2D eigenvalue weighted by molar-refractivity contribution is 5.88. The third-order valence-corrected chi connectivity index (χ3v) is 3.84. The molecule has 126 valence electrons. The molecular formula is C16H17N9. The fourth-order valence-corrected chi connectivity index (χ4v) is 2.65. The summed E-state index contributed by atoms with van der Waals surface area (Å²) in [6.45, 7) is 2.74. The summed E-state index contributed by atoms with van der Waals surface area (Å²) in [4.78, 5) is 17.4. The van der Waals surface area contributed by atoms with Gasteiger partial charge < -0.3 is 5.32 Å². The molecule has 9 nitrogen and oxygen atoms in total. The van der Waals surface area contributed by atoms with Gasteiger partial charge in [0.1, 0.15) is 18.5 Å². The van der Waals surface area contributed by atoms with Gasteiger partial charge in [-0.1, -0.05) is 0 Å². The number of rotatable bonds is 5. The summed E-state index contributed by atoms with van der Waals surface area (Å²) in [5.74, 6) is 1.38. The lowest BCUT2D eigenvalue weighted by atomic mass is 10.2. The van der Waals surface area contributed by atoms with Crippen LogP contribution in [0.5, 0.6) is 0 Å². The summed E-state index contributed by atoms with van der Waals surface area (Å²) in [6, 6.07) is 3.88. The molecule has 0 saturated heterocycles. The Balaban J connectivity index is 1.71. The van der Waals surface area contributed by atoms with E-state index in [9.17, 15) is 0 Å². The van der Waals surface area contributed by atoms with Gasteiger partial charge in [-0.3, -0.25) is 14.3 Å². The lowest BCUT2D eigenvalue weighted by Gasteiger charge is -2.15. The molecule has 0 fully saturated rings. The molecule has 0 saturated carbocycles. The number of fused-ring (bicyclic) bond motifs is 1.